The third kappa shape index (κ3) is 11.0. The van der Waals surface area contributed by atoms with E-state index in [1.165, 1.54) is 39.8 Å². The third-order valence-electron chi connectivity index (χ3n) is 8.45. The van der Waals surface area contributed by atoms with Crippen molar-refractivity contribution in [2.75, 3.05) is 39.5 Å². The van der Waals surface area contributed by atoms with E-state index in [4.69, 9.17) is 4.74 Å². The van der Waals surface area contributed by atoms with Crippen molar-refractivity contribution in [1.82, 2.24) is 24.4 Å². The molecule has 3 atom stereocenters. The molecule has 13 nitrogen and oxygen atoms in total. The van der Waals surface area contributed by atoms with Gasteiger partial charge >= 0.3 is 6.03 Å². The smallest absolute Gasteiger partial charge is 0.321 e. The molecular formula is C35H49N5O8S3. The second-order valence-electron chi connectivity index (χ2n) is 13.7. The Hall–Kier alpha value is -3.57. The zero-order valence-electron chi connectivity index (χ0n) is 29.9. The highest BCUT2D eigenvalue weighted by atomic mass is 32.2. The lowest BCUT2D eigenvalue weighted by atomic mass is 9.97. The summed E-state index contributed by atoms with van der Waals surface area (Å²) in [6.07, 6.45) is 0.0595. The molecule has 3 amide bonds. The molecule has 0 unspecified atom stereocenters. The Morgan fingerprint density at radius 3 is 2.27 bits per heavy atom. The van der Waals surface area contributed by atoms with Crippen molar-refractivity contribution in [3.05, 3.63) is 76.2 Å². The molecule has 1 aliphatic rings. The molecule has 3 aromatic rings. The number of thiazole rings is 1. The van der Waals surface area contributed by atoms with Gasteiger partial charge in [0.15, 0.2) is 9.84 Å². The van der Waals surface area contributed by atoms with Crippen LogP contribution in [0.5, 0.6) is 5.75 Å². The third-order valence-corrected chi connectivity index (χ3v) is 12.2. The highest BCUT2D eigenvalue weighted by molar-refractivity contribution is 7.90. The van der Waals surface area contributed by atoms with Crippen LogP contribution in [0.15, 0.2) is 64.9 Å². The molecule has 0 aliphatic carbocycles. The van der Waals surface area contributed by atoms with Crippen LogP contribution in [0.25, 0.3) is 0 Å². The van der Waals surface area contributed by atoms with Crippen LogP contribution >= 0.6 is 11.3 Å². The normalized spacial score (nSPS) is 15.8. The van der Waals surface area contributed by atoms with E-state index in [1.54, 1.807) is 22.4 Å². The van der Waals surface area contributed by atoms with Crippen molar-refractivity contribution in [2.24, 2.45) is 11.8 Å². The summed E-state index contributed by atoms with van der Waals surface area (Å²) in [7, 11) is -5.79. The molecule has 1 fully saturated rings. The number of urea groups is 1. The minimum absolute atomic E-state index is 0.0565. The van der Waals surface area contributed by atoms with E-state index in [9.17, 15) is 31.5 Å². The maximum Gasteiger partial charge on any atom is 0.321 e. The summed E-state index contributed by atoms with van der Waals surface area (Å²) in [6.45, 7) is 8.12. The number of sulfone groups is 1. The number of rotatable bonds is 18. The maximum atomic E-state index is 14.1. The molecule has 2 heterocycles. The van der Waals surface area contributed by atoms with E-state index in [1.807, 2.05) is 58.0 Å². The summed E-state index contributed by atoms with van der Waals surface area (Å²) < 4.78 is 57.5. The van der Waals surface area contributed by atoms with E-state index in [0.717, 1.165) is 11.8 Å². The van der Waals surface area contributed by atoms with E-state index in [-0.39, 0.29) is 61.1 Å². The molecule has 4 rings (SSSR count). The molecule has 16 heteroatoms. The fourth-order valence-corrected chi connectivity index (χ4v) is 9.67. The topological polar surface area (TPSA) is 167 Å². The lowest BCUT2D eigenvalue weighted by molar-refractivity contribution is -0.128. The number of carbonyl (C=O) groups excluding carboxylic acids is 2. The second-order valence-corrected chi connectivity index (χ2v) is 18.7. The molecule has 1 aliphatic heterocycles. The molecule has 2 N–H and O–H groups in total. The van der Waals surface area contributed by atoms with Gasteiger partial charge < -0.3 is 25.0 Å². The maximum absolute atomic E-state index is 14.1. The number of nitrogens with zero attached hydrogens (tertiary/aromatic N) is 4. The van der Waals surface area contributed by atoms with Crippen molar-refractivity contribution in [3.8, 4) is 5.75 Å². The Bertz CT molecular complexity index is 1830. The SMILES string of the molecule is COc1ccc(S(=O)(=O)N(CC(C)C)C[C@H](O)[C@H](Cc2ccccc2)NC(=O)[C@H](C(C)C)N2CCN(Cc3csc(CS(C)(=O)=O)n3)C2=O)cc1. The molecule has 0 bridgehead atoms. The quantitative estimate of drug-likeness (QED) is 0.198. The minimum atomic E-state index is -4.03. The minimum Gasteiger partial charge on any atom is -0.497 e. The van der Waals surface area contributed by atoms with Gasteiger partial charge in [0, 0.05) is 37.8 Å². The number of aliphatic hydroxyl groups excluding tert-OH is 1. The van der Waals surface area contributed by atoms with E-state index in [0.29, 0.717) is 23.0 Å². The predicted molar refractivity (Wildman–Crippen MR) is 196 cm³/mol. The number of nitrogens with one attached hydrogen (secondary N) is 1. The van der Waals surface area contributed by atoms with Crippen LogP contribution in [0.3, 0.4) is 0 Å². The molecule has 0 spiro atoms. The number of ether oxygens (including phenoxy) is 1. The highest BCUT2D eigenvalue weighted by Gasteiger charge is 2.40. The monoisotopic (exact) mass is 763 g/mol. The van der Waals surface area contributed by atoms with Crippen molar-refractivity contribution < 1.29 is 36.3 Å². The van der Waals surface area contributed by atoms with Crippen LogP contribution < -0.4 is 10.1 Å². The van der Waals surface area contributed by atoms with Gasteiger partial charge in [-0.1, -0.05) is 58.0 Å². The Balaban J connectivity index is 1.54. The molecule has 2 aromatic carbocycles. The molecule has 280 valence electrons. The zero-order chi connectivity index (χ0) is 37.5. The van der Waals surface area contributed by atoms with Crippen molar-refractivity contribution in [2.45, 2.75) is 69.5 Å². The van der Waals surface area contributed by atoms with Gasteiger partial charge in [-0.05, 0) is 48.1 Å². The highest BCUT2D eigenvalue weighted by Crippen LogP contribution is 2.24. The summed E-state index contributed by atoms with van der Waals surface area (Å²) in [4.78, 5) is 35.3. The van der Waals surface area contributed by atoms with Gasteiger partial charge in [-0.15, -0.1) is 11.3 Å². The van der Waals surface area contributed by atoms with Crippen LogP contribution in [-0.4, -0.2) is 111 Å². The Labute approximate surface area is 305 Å². The lowest BCUT2D eigenvalue weighted by Gasteiger charge is -2.34. The number of benzene rings is 2. The van der Waals surface area contributed by atoms with Gasteiger partial charge in [0.1, 0.15) is 22.6 Å². The standard InChI is InChI=1S/C35H49N5O8S3/c1-24(2)19-39(51(46,47)29-14-12-28(48-5)13-15-29)21-31(41)30(18-26-10-8-7-9-11-26)37-34(42)33(25(3)4)40-17-16-38(35(40)43)20-27-22-49-32(36-27)23-50(6,44)45/h7-15,22,24-25,30-31,33,41H,16-21,23H2,1-6H3,(H,37,42)/t30-,31-,33-/m0/s1. The van der Waals surface area contributed by atoms with Crippen LogP contribution in [-0.2, 0) is 43.4 Å². The first-order valence-electron chi connectivity index (χ1n) is 16.8. The summed E-state index contributed by atoms with van der Waals surface area (Å²) >= 11 is 1.22. The first-order chi connectivity index (χ1) is 24.0. The number of hydrogen-bond donors (Lipinski definition) is 2. The molecule has 1 aromatic heterocycles. The van der Waals surface area contributed by atoms with Gasteiger partial charge in [0.05, 0.1) is 36.4 Å². The Kier molecular flexibility index (Phi) is 13.6. The number of aliphatic hydroxyl groups is 1. The van der Waals surface area contributed by atoms with Crippen molar-refractivity contribution >= 4 is 43.1 Å². The number of aromatic nitrogens is 1. The summed E-state index contributed by atoms with van der Waals surface area (Å²) in [5, 5.41) is 16.9. The van der Waals surface area contributed by atoms with Gasteiger partial charge in [-0.2, -0.15) is 4.31 Å². The largest absolute Gasteiger partial charge is 0.497 e. The molecular weight excluding hydrogens is 715 g/mol. The average molecular weight is 764 g/mol. The van der Waals surface area contributed by atoms with Crippen LogP contribution in [0.4, 0.5) is 4.79 Å². The fraction of sp³-hybridized carbons (Fsp3) is 0.514. The van der Waals surface area contributed by atoms with E-state index in [2.05, 4.69) is 10.3 Å². The Morgan fingerprint density at radius 1 is 1.02 bits per heavy atom. The summed E-state index contributed by atoms with van der Waals surface area (Å²) in [5.74, 6) is -0.477. The molecule has 1 saturated heterocycles. The van der Waals surface area contributed by atoms with Gasteiger partial charge in [0.25, 0.3) is 0 Å². The number of carbonyl (C=O) groups is 2. The van der Waals surface area contributed by atoms with E-state index < -0.39 is 44.0 Å². The van der Waals surface area contributed by atoms with Gasteiger partial charge in [-0.3, -0.25) is 4.79 Å². The van der Waals surface area contributed by atoms with Crippen molar-refractivity contribution in [3.63, 3.8) is 0 Å². The zero-order valence-corrected chi connectivity index (χ0v) is 32.4. The summed E-state index contributed by atoms with van der Waals surface area (Å²) in [6, 6.07) is 13.2. The van der Waals surface area contributed by atoms with Gasteiger partial charge in [-0.25, -0.2) is 26.6 Å². The number of methoxy groups -OCH3 is 1. The van der Waals surface area contributed by atoms with Crippen molar-refractivity contribution in [1.29, 1.82) is 0 Å². The number of sulfonamides is 1. The van der Waals surface area contributed by atoms with Crippen LogP contribution in [0, 0.1) is 11.8 Å². The Morgan fingerprint density at radius 2 is 1.69 bits per heavy atom. The lowest BCUT2D eigenvalue weighted by Crippen LogP contribution is -2.57. The van der Waals surface area contributed by atoms with Crippen LogP contribution in [0.2, 0.25) is 0 Å². The van der Waals surface area contributed by atoms with E-state index >= 15 is 0 Å². The first kappa shape index (κ1) is 40.2. The van der Waals surface area contributed by atoms with Gasteiger partial charge in [0.2, 0.25) is 15.9 Å². The molecule has 51 heavy (non-hydrogen) atoms. The number of hydrogen-bond acceptors (Lipinski definition) is 10. The molecule has 0 saturated carbocycles. The number of amides is 3. The second kappa shape index (κ2) is 17.3. The first-order valence-corrected chi connectivity index (χ1v) is 21.2. The summed E-state index contributed by atoms with van der Waals surface area (Å²) in [5.41, 5.74) is 1.40. The average Bonchev–Trinajstić information content (AvgIpc) is 3.64. The molecule has 0 radical (unpaired) electrons. The predicted octanol–water partition coefficient (Wildman–Crippen LogP) is 3.39. The van der Waals surface area contributed by atoms with Crippen LogP contribution in [0.1, 0.15) is 44.0 Å². The fourth-order valence-electron chi connectivity index (χ4n) is 6.05.